The van der Waals surface area contributed by atoms with Crippen LogP contribution in [0.15, 0.2) is 30.3 Å². The van der Waals surface area contributed by atoms with Gasteiger partial charge in [-0.1, -0.05) is 37.3 Å². The lowest BCUT2D eigenvalue weighted by atomic mass is 10.1. The van der Waals surface area contributed by atoms with Gasteiger partial charge in [0, 0.05) is 19.5 Å². The zero-order chi connectivity index (χ0) is 14.5. The molecule has 5 heteroatoms. The summed E-state index contributed by atoms with van der Waals surface area (Å²) >= 11 is 0. The fourth-order valence-corrected chi connectivity index (χ4v) is 2.41. The van der Waals surface area contributed by atoms with Gasteiger partial charge < -0.3 is 15.3 Å². The van der Waals surface area contributed by atoms with Crippen molar-refractivity contribution in [3.8, 4) is 0 Å². The molecular formula is C15H20N2O3. The van der Waals surface area contributed by atoms with E-state index in [9.17, 15) is 14.7 Å². The summed E-state index contributed by atoms with van der Waals surface area (Å²) in [5.74, 6) is -0.521. The molecule has 5 nitrogen and oxygen atoms in total. The standard InChI is InChI=1S/C15H20N2O3/c1-11-7-8-17(10-11)15(20)16-13(14(18)19)9-12-5-3-2-4-6-12/h2-6,11,13H,7-10H2,1H3,(H,16,20)(H,18,19)/t11?,13-/m1/s1. The Bertz CT molecular complexity index is 475. The minimum absolute atomic E-state index is 0.280. The van der Waals surface area contributed by atoms with Gasteiger partial charge in [0.25, 0.3) is 0 Å². The number of nitrogens with zero attached hydrogens (tertiary/aromatic N) is 1. The summed E-state index contributed by atoms with van der Waals surface area (Å²) in [6.45, 7) is 3.49. The second-order valence-corrected chi connectivity index (χ2v) is 5.37. The second kappa shape index (κ2) is 6.41. The molecule has 2 amide bonds. The number of benzene rings is 1. The number of carbonyl (C=O) groups is 2. The first-order valence-electron chi connectivity index (χ1n) is 6.88. The van der Waals surface area contributed by atoms with Crippen molar-refractivity contribution in [1.29, 1.82) is 0 Å². The van der Waals surface area contributed by atoms with Crippen LogP contribution in [0.25, 0.3) is 0 Å². The number of hydrogen-bond acceptors (Lipinski definition) is 2. The van der Waals surface area contributed by atoms with Crippen molar-refractivity contribution in [3.63, 3.8) is 0 Å². The summed E-state index contributed by atoms with van der Waals surface area (Å²) in [5.41, 5.74) is 0.898. The lowest BCUT2D eigenvalue weighted by Crippen LogP contribution is -2.48. The summed E-state index contributed by atoms with van der Waals surface area (Å²) in [4.78, 5) is 25.0. The molecule has 2 rings (SSSR count). The molecule has 1 aliphatic heterocycles. The van der Waals surface area contributed by atoms with E-state index in [-0.39, 0.29) is 6.03 Å². The van der Waals surface area contributed by atoms with E-state index >= 15 is 0 Å². The molecule has 2 N–H and O–H groups in total. The number of likely N-dealkylation sites (tertiary alicyclic amines) is 1. The molecule has 20 heavy (non-hydrogen) atoms. The SMILES string of the molecule is CC1CCN(C(=O)N[C@H](Cc2ccccc2)C(=O)O)C1. The highest BCUT2D eigenvalue weighted by atomic mass is 16.4. The number of carbonyl (C=O) groups excluding carboxylic acids is 1. The summed E-state index contributed by atoms with van der Waals surface area (Å²) in [7, 11) is 0. The number of amides is 2. The molecule has 1 heterocycles. The van der Waals surface area contributed by atoms with Crippen molar-refractivity contribution in [3.05, 3.63) is 35.9 Å². The van der Waals surface area contributed by atoms with E-state index < -0.39 is 12.0 Å². The van der Waals surface area contributed by atoms with Gasteiger partial charge in [-0.25, -0.2) is 9.59 Å². The van der Waals surface area contributed by atoms with E-state index in [4.69, 9.17) is 0 Å². The largest absolute Gasteiger partial charge is 0.480 e. The molecule has 0 aromatic heterocycles. The average molecular weight is 276 g/mol. The maximum atomic E-state index is 12.0. The lowest BCUT2D eigenvalue weighted by Gasteiger charge is -2.21. The van der Waals surface area contributed by atoms with Gasteiger partial charge in [0.2, 0.25) is 0 Å². The van der Waals surface area contributed by atoms with Gasteiger partial charge in [-0.3, -0.25) is 0 Å². The topological polar surface area (TPSA) is 69.6 Å². The third-order valence-electron chi connectivity index (χ3n) is 3.59. The predicted octanol–water partition coefficient (Wildman–Crippen LogP) is 1.73. The highest BCUT2D eigenvalue weighted by Crippen LogP contribution is 2.15. The molecule has 1 aromatic rings. The number of carboxylic acids is 1. The average Bonchev–Trinajstić information content (AvgIpc) is 2.86. The molecule has 1 saturated heterocycles. The molecule has 0 saturated carbocycles. The van der Waals surface area contributed by atoms with Crippen molar-refractivity contribution >= 4 is 12.0 Å². The summed E-state index contributed by atoms with van der Waals surface area (Å²) in [6, 6.07) is 8.15. The van der Waals surface area contributed by atoms with E-state index in [0.717, 1.165) is 12.0 Å². The number of hydrogen-bond donors (Lipinski definition) is 2. The van der Waals surface area contributed by atoms with E-state index in [1.807, 2.05) is 30.3 Å². The van der Waals surface area contributed by atoms with Crippen LogP contribution in [0.3, 0.4) is 0 Å². The first kappa shape index (κ1) is 14.4. The number of urea groups is 1. The van der Waals surface area contributed by atoms with E-state index in [1.165, 1.54) is 0 Å². The van der Waals surface area contributed by atoms with Crippen molar-refractivity contribution < 1.29 is 14.7 Å². The first-order chi connectivity index (χ1) is 9.56. The van der Waals surface area contributed by atoms with Crippen LogP contribution in [0.2, 0.25) is 0 Å². The molecule has 2 atom stereocenters. The Morgan fingerprint density at radius 3 is 2.65 bits per heavy atom. The van der Waals surface area contributed by atoms with Gasteiger partial charge in [-0.2, -0.15) is 0 Å². The Kier molecular flexibility index (Phi) is 4.61. The molecule has 0 bridgehead atoms. The van der Waals surface area contributed by atoms with Gasteiger partial charge in [0.15, 0.2) is 0 Å². The Morgan fingerprint density at radius 1 is 1.40 bits per heavy atom. The summed E-state index contributed by atoms with van der Waals surface area (Å²) < 4.78 is 0. The monoisotopic (exact) mass is 276 g/mol. The molecule has 1 fully saturated rings. The van der Waals surface area contributed by atoms with Crippen LogP contribution >= 0.6 is 0 Å². The molecular weight excluding hydrogens is 256 g/mol. The third kappa shape index (κ3) is 3.73. The number of nitrogens with one attached hydrogen (secondary N) is 1. The van der Waals surface area contributed by atoms with Crippen molar-refractivity contribution in [2.24, 2.45) is 5.92 Å². The summed E-state index contributed by atoms with van der Waals surface area (Å²) in [5, 5.41) is 11.9. The van der Waals surface area contributed by atoms with Gasteiger partial charge in [-0.15, -0.1) is 0 Å². The van der Waals surface area contributed by atoms with Crippen molar-refractivity contribution in [2.45, 2.75) is 25.8 Å². The van der Waals surface area contributed by atoms with Crippen LogP contribution in [0, 0.1) is 5.92 Å². The van der Waals surface area contributed by atoms with Gasteiger partial charge in [-0.05, 0) is 17.9 Å². The fourth-order valence-electron chi connectivity index (χ4n) is 2.41. The molecule has 0 aliphatic carbocycles. The van der Waals surface area contributed by atoms with Crippen molar-refractivity contribution in [2.75, 3.05) is 13.1 Å². The Labute approximate surface area is 118 Å². The molecule has 1 unspecified atom stereocenters. The minimum atomic E-state index is -1.01. The Balaban J connectivity index is 1.96. The third-order valence-corrected chi connectivity index (χ3v) is 3.59. The fraction of sp³-hybridized carbons (Fsp3) is 0.467. The smallest absolute Gasteiger partial charge is 0.326 e. The van der Waals surface area contributed by atoms with Crippen LogP contribution in [-0.4, -0.2) is 41.1 Å². The number of carboxylic acid groups (broad SMARTS) is 1. The summed E-state index contributed by atoms with van der Waals surface area (Å²) in [6.07, 6.45) is 1.27. The zero-order valence-corrected chi connectivity index (χ0v) is 11.6. The molecule has 108 valence electrons. The van der Waals surface area contributed by atoms with E-state index in [1.54, 1.807) is 4.90 Å². The second-order valence-electron chi connectivity index (χ2n) is 5.37. The maximum absolute atomic E-state index is 12.0. The Hall–Kier alpha value is -2.04. The normalized spacial score (nSPS) is 19.6. The first-order valence-corrected chi connectivity index (χ1v) is 6.88. The van der Waals surface area contributed by atoms with Crippen LogP contribution in [0.4, 0.5) is 4.79 Å². The van der Waals surface area contributed by atoms with Crippen LogP contribution in [0.5, 0.6) is 0 Å². The van der Waals surface area contributed by atoms with E-state index in [2.05, 4.69) is 12.2 Å². The minimum Gasteiger partial charge on any atom is -0.480 e. The number of aliphatic carboxylic acids is 1. The van der Waals surface area contributed by atoms with Crippen LogP contribution < -0.4 is 5.32 Å². The van der Waals surface area contributed by atoms with Gasteiger partial charge >= 0.3 is 12.0 Å². The van der Waals surface area contributed by atoms with Crippen molar-refractivity contribution in [1.82, 2.24) is 10.2 Å². The zero-order valence-electron chi connectivity index (χ0n) is 11.6. The van der Waals surface area contributed by atoms with Crippen LogP contribution in [-0.2, 0) is 11.2 Å². The quantitative estimate of drug-likeness (QED) is 0.880. The van der Waals surface area contributed by atoms with E-state index in [0.29, 0.717) is 25.4 Å². The van der Waals surface area contributed by atoms with Gasteiger partial charge in [0.05, 0.1) is 0 Å². The Morgan fingerprint density at radius 2 is 2.10 bits per heavy atom. The maximum Gasteiger partial charge on any atom is 0.326 e. The van der Waals surface area contributed by atoms with Crippen LogP contribution in [0.1, 0.15) is 18.9 Å². The lowest BCUT2D eigenvalue weighted by molar-refractivity contribution is -0.139. The highest BCUT2D eigenvalue weighted by molar-refractivity contribution is 5.83. The highest BCUT2D eigenvalue weighted by Gasteiger charge is 2.27. The van der Waals surface area contributed by atoms with Gasteiger partial charge in [0.1, 0.15) is 6.04 Å². The number of rotatable bonds is 4. The molecule has 1 aliphatic rings. The molecule has 0 radical (unpaired) electrons. The molecule has 1 aromatic carbocycles. The predicted molar refractivity (Wildman–Crippen MR) is 75.5 cm³/mol. The molecule has 0 spiro atoms.